The predicted octanol–water partition coefficient (Wildman–Crippen LogP) is 5.11. The van der Waals surface area contributed by atoms with Gasteiger partial charge in [0.25, 0.3) is 0 Å². The molecule has 0 bridgehead atoms. The largest absolute Gasteiger partial charge is 0.433 e. The highest BCUT2D eigenvalue weighted by Gasteiger charge is 2.20. The minimum Gasteiger partial charge on any atom is -0.433 e. The van der Waals surface area contributed by atoms with E-state index in [9.17, 15) is 13.2 Å². The summed E-state index contributed by atoms with van der Waals surface area (Å²) in [5.74, 6) is -1.84. The molecule has 36 heavy (non-hydrogen) atoms. The Hall–Kier alpha value is -4.02. The molecule has 0 aliphatic carbocycles. The van der Waals surface area contributed by atoms with Crippen molar-refractivity contribution in [2.75, 3.05) is 20.3 Å². The maximum absolute atomic E-state index is 14.8. The van der Waals surface area contributed by atoms with Crippen molar-refractivity contribution in [3.8, 4) is 34.0 Å². The predicted molar refractivity (Wildman–Crippen MR) is 128 cm³/mol. The van der Waals surface area contributed by atoms with E-state index in [1.165, 1.54) is 24.5 Å². The van der Waals surface area contributed by atoms with Crippen molar-refractivity contribution in [2.24, 2.45) is 7.05 Å². The number of ether oxygens (including phenoxy) is 1. The summed E-state index contributed by atoms with van der Waals surface area (Å²) < 4.78 is 55.8. The average molecular weight is 493 g/mol. The third-order valence-electron chi connectivity index (χ3n) is 5.79. The number of halogens is 3. The van der Waals surface area contributed by atoms with E-state index in [-0.39, 0.29) is 29.1 Å². The maximum atomic E-state index is 14.8. The fourth-order valence-corrected chi connectivity index (χ4v) is 4.01. The van der Waals surface area contributed by atoms with E-state index in [2.05, 4.69) is 20.5 Å². The maximum Gasteiger partial charge on any atom is 0.227 e. The molecule has 0 atom stereocenters. The number of rotatable bonds is 8. The van der Waals surface area contributed by atoms with Crippen molar-refractivity contribution < 1.29 is 22.3 Å². The highest BCUT2D eigenvalue weighted by atomic mass is 19.2. The number of nitrogens with one attached hydrogen (secondary N) is 1. The Morgan fingerprint density at radius 2 is 1.83 bits per heavy atom. The van der Waals surface area contributed by atoms with Crippen molar-refractivity contribution in [3.63, 3.8) is 0 Å². The van der Waals surface area contributed by atoms with E-state index in [1.54, 1.807) is 43.0 Å². The zero-order valence-corrected chi connectivity index (χ0v) is 19.6. The van der Waals surface area contributed by atoms with Gasteiger partial charge in [0, 0.05) is 43.9 Å². The quantitative estimate of drug-likeness (QED) is 0.303. The molecule has 2 heterocycles. The third-order valence-corrected chi connectivity index (χ3v) is 5.79. The van der Waals surface area contributed by atoms with Crippen LogP contribution in [0.3, 0.4) is 0 Å². The van der Waals surface area contributed by atoms with Crippen LogP contribution in [0.15, 0.2) is 59.3 Å². The molecule has 0 spiro atoms. The van der Waals surface area contributed by atoms with Crippen LogP contribution in [-0.4, -0.2) is 40.0 Å². The zero-order valence-electron chi connectivity index (χ0n) is 19.6. The lowest BCUT2D eigenvalue weighted by molar-refractivity contribution is 0.199. The van der Waals surface area contributed by atoms with Crippen LogP contribution < -0.4 is 5.32 Å². The van der Waals surface area contributed by atoms with E-state index in [1.807, 2.05) is 6.07 Å². The molecule has 0 amide bonds. The van der Waals surface area contributed by atoms with Gasteiger partial charge in [-0.15, -0.1) is 10.2 Å². The molecule has 0 aliphatic rings. The fraction of sp³-hybridized carbons (Fsp3) is 0.192. The molecule has 0 fully saturated rings. The topological polar surface area (TPSA) is 78.0 Å². The molecule has 0 aliphatic heterocycles. The number of aromatic nitrogens is 4. The van der Waals surface area contributed by atoms with Crippen LogP contribution in [0.4, 0.5) is 13.2 Å². The van der Waals surface area contributed by atoms with Crippen LogP contribution in [0.5, 0.6) is 0 Å². The first-order valence-electron chi connectivity index (χ1n) is 11.2. The number of nitrogens with zero attached hydrogens (tertiary/aromatic N) is 4. The lowest BCUT2D eigenvalue weighted by atomic mass is 9.97. The van der Waals surface area contributed by atoms with Crippen molar-refractivity contribution in [2.45, 2.75) is 6.54 Å². The summed E-state index contributed by atoms with van der Waals surface area (Å²) >= 11 is 0. The smallest absolute Gasteiger partial charge is 0.227 e. The summed E-state index contributed by atoms with van der Waals surface area (Å²) in [7, 11) is 3.33. The van der Waals surface area contributed by atoms with Gasteiger partial charge < -0.3 is 19.0 Å². The second-order valence-electron chi connectivity index (χ2n) is 8.24. The van der Waals surface area contributed by atoms with Gasteiger partial charge in [0.05, 0.1) is 6.61 Å². The lowest BCUT2D eigenvalue weighted by Crippen LogP contribution is -2.19. The van der Waals surface area contributed by atoms with E-state index >= 15 is 0 Å². The van der Waals surface area contributed by atoms with E-state index in [0.717, 1.165) is 5.56 Å². The first-order valence-corrected chi connectivity index (χ1v) is 11.2. The lowest BCUT2D eigenvalue weighted by Gasteiger charge is -2.10. The molecule has 0 saturated carbocycles. The number of benzene rings is 3. The summed E-state index contributed by atoms with van der Waals surface area (Å²) in [5.41, 5.74) is 2.66. The second kappa shape index (κ2) is 9.92. The molecule has 1 N–H and O–H groups in total. The van der Waals surface area contributed by atoms with Gasteiger partial charge in [0.2, 0.25) is 11.7 Å². The Morgan fingerprint density at radius 3 is 2.61 bits per heavy atom. The van der Waals surface area contributed by atoms with Crippen LogP contribution in [0.25, 0.3) is 45.1 Å². The van der Waals surface area contributed by atoms with Gasteiger partial charge >= 0.3 is 0 Å². The van der Waals surface area contributed by atoms with Gasteiger partial charge in [-0.25, -0.2) is 13.8 Å². The fourth-order valence-electron chi connectivity index (χ4n) is 4.01. The summed E-state index contributed by atoms with van der Waals surface area (Å²) in [6.45, 7) is 1.06. The monoisotopic (exact) mass is 493 g/mol. The summed E-state index contributed by atoms with van der Waals surface area (Å²) in [5, 5.41) is 11.0. The Kier molecular flexibility index (Phi) is 6.53. The second-order valence-corrected chi connectivity index (χ2v) is 8.24. The molecule has 10 heteroatoms. The zero-order chi connectivity index (χ0) is 25.2. The van der Waals surface area contributed by atoms with Crippen molar-refractivity contribution in [1.29, 1.82) is 0 Å². The Labute approximate surface area is 204 Å². The number of methoxy groups -OCH3 is 1. The Bertz CT molecular complexity index is 1550. The third kappa shape index (κ3) is 4.48. The number of fused-ring (bicyclic) bond motifs is 1. The molecule has 184 valence electrons. The van der Waals surface area contributed by atoms with Crippen LogP contribution in [0, 0.1) is 17.5 Å². The standard InChI is InChI=1S/C26H22F3N5O2/c1-34-14-31-33-25(34)20-12-18(27)6-7-19(20)15-4-3-5-16(10-15)26-32-21-11-17(13-30-8-9-35-2)22(28)23(29)24(21)36-26/h3-7,10-12,14,30H,8-9,13H2,1-2H3. The van der Waals surface area contributed by atoms with Gasteiger partial charge in [-0.3, -0.25) is 0 Å². The molecule has 0 saturated heterocycles. The Morgan fingerprint density at radius 1 is 1.00 bits per heavy atom. The van der Waals surface area contributed by atoms with E-state index < -0.39 is 17.5 Å². The highest BCUT2D eigenvalue weighted by molar-refractivity contribution is 5.83. The van der Waals surface area contributed by atoms with Gasteiger partial charge in [-0.2, -0.15) is 4.39 Å². The van der Waals surface area contributed by atoms with Gasteiger partial charge in [-0.05, 0) is 41.5 Å². The molecule has 7 nitrogen and oxygen atoms in total. The Balaban J connectivity index is 1.53. The van der Waals surface area contributed by atoms with Crippen LogP contribution in [-0.2, 0) is 18.3 Å². The first-order chi connectivity index (χ1) is 17.5. The van der Waals surface area contributed by atoms with Crippen molar-refractivity contribution >= 4 is 11.1 Å². The van der Waals surface area contributed by atoms with E-state index in [0.29, 0.717) is 35.7 Å². The SMILES string of the molecule is COCCNCc1cc2nc(-c3cccc(-c4ccc(F)cc4-c4nncn4C)c3)oc2c(F)c1F. The number of hydrogen-bond donors (Lipinski definition) is 1. The summed E-state index contributed by atoms with van der Waals surface area (Å²) in [6, 6.07) is 13.1. The van der Waals surface area contributed by atoms with Crippen LogP contribution >= 0.6 is 0 Å². The summed E-state index contributed by atoms with van der Waals surface area (Å²) in [6.07, 6.45) is 1.54. The molecule has 3 aromatic carbocycles. The number of oxazole rings is 1. The van der Waals surface area contributed by atoms with Crippen LogP contribution in [0.1, 0.15) is 5.56 Å². The van der Waals surface area contributed by atoms with Crippen molar-refractivity contribution in [1.82, 2.24) is 25.1 Å². The van der Waals surface area contributed by atoms with Gasteiger partial charge in [-0.1, -0.05) is 18.2 Å². The highest BCUT2D eigenvalue weighted by Crippen LogP contribution is 2.35. The molecular weight excluding hydrogens is 471 g/mol. The van der Waals surface area contributed by atoms with Crippen molar-refractivity contribution in [3.05, 3.63) is 77.9 Å². The molecule has 2 aromatic heterocycles. The number of hydrogen-bond acceptors (Lipinski definition) is 6. The summed E-state index contributed by atoms with van der Waals surface area (Å²) in [4.78, 5) is 4.41. The molecule has 0 unspecified atom stereocenters. The average Bonchev–Trinajstić information content (AvgIpc) is 3.51. The molecular formula is C26H22F3N5O2. The molecule has 5 aromatic rings. The van der Waals surface area contributed by atoms with Crippen LogP contribution in [0.2, 0.25) is 0 Å². The first kappa shape index (κ1) is 23.7. The minimum absolute atomic E-state index is 0.120. The molecule has 5 rings (SSSR count). The van der Waals surface area contributed by atoms with Gasteiger partial charge in [0.1, 0.15) is 17.7 Å². The minimum atomic E-state index is -1.09. The van der Waals surface area contributed by atoms with Gasteiger partial charge in [0.15, 0.2) is 17.2 Å². The van der Waals surface area contributed by atoms with E-state index in [4.69, 9.17) is 9.15 Å². The number of aryl methyl sites for hydroxylation is 1. The normalized spacial score (nSPS) is 11.5. The molecule has 0 radical (unpaired) electrons.